The summed E-state index contributed by atoms with van der Waals surface area (Å²) in [5, 5.41) is 0. The van der Waals surface area contributed by atoms with Crippen LogP contribution in [0.5, 0.6) is 0 Å². The van der Waals surface area contributed by atoms with Crippen LogP contribution in [-0.2, 0) is 19.1 Å². The minimum atomic E-state index is -0.868. The van der Waals surface area contributed by atoms with Crippen LogP contribution in [0.25, 0.3) is 0 Å². The maximum Gasteiger partial charge on any atom is 0.302 e. The van der Waals surface area contributed by atoms with E-state index in [-0.39, 0.29) is 24.6 Å². The Morgan fingerprint density at radius 1 is 1.12 bits per heavy atom. The molecule has 0 aliphatic carbocycles. The van der Waals surface area contributed by atoms with E-state index in [4.69, 9.17) is 4.74 Å². The minimum absolute atomic E-state index is 0.0106. The average molecular weight is 228 g/mol. The molecule has 4 nitrogen and oxygen atoms in total. The molecule has 0 rings (SSSR count). The van der Waals surface area contributed by atoms with E-state index in [0.717, 1.165) is 0 Å². The lowest BCUT2D eigenvalue weighted by Crippen LogP contribution is -2.35. The van der Waals surface area contributed by atoms with Crippen molar-refractivity contribution >= 4 is 17.5 Å². The van der Waals surface area contributed by atoms with Gasteiger partial charge >= 0.3 is 5.97 Å². The third-order valence-corrected chi connectivity index (χ3v) is 2.57. The Morgan fingerprint density at radius 2 is 1.69 bits per heavy atom. The van der Waals surface area contributed by atoms with E-state index < -0.39 is 11.4 Å². The lowest BCUT2D eigenvalue weighted by atomic mass is 9.80. The molecule has 0 bridgehead atoms. The first-order valence-electron chi connectivity index (χ1n) is 5.54. The average Bonchev–Trinajstić information content (AvgIpc) is 2.25. The van der Waals surface area contributed by atoms with Crippen LogP contribution in [0.15, 0.2) is 0 Å². The highest BCUT2D eigenvalue weighted by atomic mass is 16.5. The molecule has 0 saturated heterocycles. The number of hydrogen-bond donors (Lipinski definition) is 0. The number of ketones is 2. The Kier molecular flexibility index (Phi) is 5.93. The second-order valence-electron chi connectivity index (χ2n) is 4.19. The zero-order valence-electron chi connectivity index (χ0n) is 10.5. The standard InChI is InChI=1S/C12H20O4/c1-5-10(14)7-12(4,11(15)6-2)8-16-9(3)13/h5-8H2,1-4H3. The molecule has 92 valence electrons. The second-order valence-corrected chi connectivity index (χ2v) is 4.19. The molecular weight excluding hydrogens is 208 g/mol. The third-order valence-electron chi connectivity index (χ3n) is 2.57. The molecule has 0 fully saturated rings. The molecule has 1 atom stereocenters. The van der Waals surface area contributed by atoms with Gasteiger partial charge < -0.3 is 4.74 Å². The van der Waals surface area contributed by atoms with Gasteiger partial charge in [-0.1, -0.05) is 13.8 Å². The van der Waals surface area contributed by atoms with Gasteiger partial charge in [-0.15, -0.1) is 0 Å². The Morgan fingerprint density at radius 3 is 2.06 bits per heavy atom. The SMILES string of the molecule is CCC(=O)CC(C)(COC(C)=O)C(=O)CC. The molecule has 0 spiro atoms. The summed E-state index contributed by atoms with van der Waals surface area (Å²) < 4.78 is 4.86. The number of carbonyl (C=O) groups is 3. The van der Waals surface area contributed by atoms with E-state index >= 15 is 0 Å². The number of carbonyl (C=O) groups excluding carboxylic acids is 3. The summed E-state index contributed by atoms with van der Waals surface area (Å²) in [6.45, 7) is 6.45. The Balaban J connectivity index is 4.67. The summed E-state index contributed by atoms with van der Waals surface area (Å²) in [6, 6.07) is 0. The third kappa shape index (κ3) is 4.55. The molecule has 0 aromatic carbocycles. The van der Waals surface area contributed by atoms with Gasteiger partial charge in [-0.25, -0.2) is 0 Å². The summed E-state index contributed by atoms with van der Waals surface area (Å²) in [7, 11) is 0. The number of hydrogen-bond acceptors (Lipinski definition) is 4. The molecule has 4 heteroatoms. The first-order valence-corrected chi connectivity index (χ1v) is 5.54. The van der Waals surface area contributed by atoms with Crippen LogP contribution in [0.1, 0.15) is 47.0 Å². The summed E-state index contributed by atoms with van der Waals surface area (Å²) in [6.07, 6.45) is 0.880. The van der Waals surface area contributed by atoms with Crippen LogP contribution in [-0.4, -0.2) is 24.1 Å². The zero-order valence-corrected chi connectivity index (χ0v) is 10.5. The number of Topliss-reactive ketones (excluding diaryl/α,β-unsaturated/α-hetero) is 2. The van der Waals surface area contributed by atoms with Crippen LogP contribution in [0, 0.1) is 5.41 Å². The molecule has 16 heavy (non-hydrogen) atoms. The van der Waals surface area contributed by atoms with Gasteiger partial charge in [-0.05, 0) is 6.92 Å². The zero-order chi connectivity index (χ0) is 12.8. The van der Waals surface area contributed by atoms with Crippen molar-refractivity contribution in [3.8, 4) is 0 Å². The molecule has 1 unspecified atom stereocenters. The summed E-state index contributed by atoms with van der Waals surface area (Å²) >= 11 is 0. The number of rotatable bonds is 7. The highest BCUT2D eigenvalue weighted by molar-refractivity contribution is 5.90. The highest BCUT2D eigenvalue weighted by Crippen LogP contribution is 2.26. The van der Waals surface area contributed by atoms with Gasteiger partial charge in [-0.2, -0.15) is 0 Å². The van der Waals surface area contributed by atoms with Gasteiger partial charge in [0.15, 0.2) is 0 Å². The van der Waals surface area contributed by atoms with Crippen LogP contribution >= 0.6 is 0 Å². The topological polar surface area (TPSA) is 60.4 Å². The van der Waals surface area contributed by atoms with Gasteiger partial charge in [0.2, 0.25) is 0 Å². The lowest BCUT2D eigenvalue weighted by molar-refractivity contribution is -0.149. The predicted octanol–water partition coefficient (Wildman–Crippen LogP) is 1.90. The van der Waals surface area contributed by atoms with Crippen molar-refractivity contribution in [3.05, 3.63) is 0 Å². The molecule has 0 aliphatic rings. The van der Waals surface area contributed by atoms with Crippen molar-refractivity contribution in [1.29, 1.82) is 0 Å². The van der Waals surface area contributed by atoms with Crippen molar-refractivity contribution in [2.45, 2.75) is 47.0 Å². The maximum absolute atomic E-state index is 11.8. The van der Waals surface area contributed by atoms with Crippen LogP contribution in [0.4, 0.5) is 0 Å². The first-order chi connectivity index (χ1) is 7.35. The highest BCUT2D eigenvalue weighted by Gasteiger charge is 2.34. The molecule has 0 aromatic rings. The normalized spacial score (nSPS) is 14.0. The van der Waals surface area contributed by atoms with Gasteiger partial charge in [0.1, 0.15) is 18.2 Å². The van der Waals surface area contributed by atoms with Gasteiger partial charge in [0, 0.05) is 26.2 Å². The Bertz CT molecular complexity index is 283. The van der Waals surface area contributed by atoms with E-state index in [0.29, 0.717) is 12.8 Å². The van der Waals surface area contributed by atoms with Crippen molar-refractivity contribution in [3.63, 3.8) is 0 Å². The quantitative estimate of drug-likeness (QED) is 0.624. The van der Waals surface area contributed by atoms with Crippen LogP contribution in [0.3, 0.4) is 0 Å². The second kappa shape index (κ2) is 6.40. The van der Waals surface area contributed by atoms with Crippen LogP contribution in [0.2, 0.25) is 0 Å². The smallest absolute Gasteiger partial charge is 0.302 e. The largest absolute Gasteiger partial charge is 0.465 e. The minimum Gasteiger partial charge on any atom is -0.465 e. The fraction of sp³-hybridized carbons (Fsp3) is 0.750. The Labute approximate surface area is 96.4 Å². The van der Waals surface area contributed by atoms with Crippen molar-refractivity contribution in [1.82, 2.24) is 0 Å². The van der Waals surface area contributed by atoms with Crippen molar-refractivity contribution in [2.75, 3.05) is 6.61 Å². The molecule has 0 aliphatic heterocycles. The van der Waals surface area contributed by atoms with E-state index in [9.17, 15) is 14.4 Å². The maximum atomic E-state index is 11.8. The van der Waals surface area contributed by atoms with Gasteiger partial charge in [-0.3, -0.25) is 14.4 Å². The van der Waals surface area contributed by atoms with E-state index in [1.54, 1.807) is 20.8 Å². The molecule has 0 saturated carbocycles. The lowest BCUT2D eigenvalue weighted by Gasteiger charge is -2.26. The van der Waals surface area contributed by atoms with Crippen molar-refractivity contribution < 1.29 is 19.1 Å². The summed E-state index contributed by atoms with van der Waals surface area (Å²) in [5.41, 5.74) is -0.868. The predicted molar refractivity (Wildman–Crippen MR) is 60.0 cm³/mol. The monoisotopic (exact) mass is 228 g/mol. The molecule has 0 heterocycles. The van der Waals surface area contributed by atoms with Crippen molar-refractivity contribution in [2.24, 2.45) is 5.41 Å². The Hall–Kier alpha value is -1.19. The van der Waals surface area contributed by atoms with E-state index in [1.165, 1.54) is 6.92 Å². The molecular formula is C12H20O4. The van der Waals surface area contributed by atoms with Gasteiger partial charge in [0.25, 0.3) is 0 Å². The molecule has 0 aromatic heterocycles. The first kappa shape index (κ1) is 14.8. The molecule has 0 N–H and O–H groups in total. The summed E-state index contributed by atoms with van der Waals surface area (Å²) in [4.78, 5) is 33.9. The van der Waals surface area contributed by atoms with Crippen LogP contribution < -0.4 is 0 Å². The molecule has 0 amide bonds. The molecule has 0 radical (unpaired) electrons. The summed E-state index contributed by atoms with van der Waals surface area (Å²) in [5.74, 6) is -0.467. The number of ether oxygens (including phenoxy) is 1. The van der Waals surface area contributed by atoms with Gasteiger partial charge in [0.05, 0.1) is 5.41 Å². The number of esters is 1. The van der Waals surface area contributed by atoms with E-state index in [1.807, 2.05) is 0 Å². The fourth-order valence-corrected chi connectivity index (χ4v) is 1.48. The van der Waals surface area contributed by atoms with E-state index in [2.05, 4.69) is 0 Å². The fourth-order valence-electron chi connectivity index (χ4n) is 1.48.